The quantitative estimate of drug-likeness (QED) is 0.522. The molecule has 1 aliphatic heterocycles. The summed E-state index contributed by atoms with van der Waals surface area (Å²) in [6, 6.07) is 20.6. The molecular weight excluding hydrogens is 366 g/mol. The van der Waals surface area contributed by atoms with Crippen molar-refractivity contribution in [1.82, 2.24) is 5.32 Å². The molecule has 2 amide bonds. The number of amides is 2. The zero-order chi connectivity index (χ0) is 19.6. The number of unbranched alkanes of at least 4 members (excludes halogenated alkanes) is 3. The van der Waals surface area contributed by atoms with Gasteiger partial charge in [-0.2, -0.15) is 0 Å². The number of rotatable bonds is 8. The molecule has 1 saturated heterocycles. The second-order valence-corrected chi connectivity index (χ2v) is 9.20. The maximum atomic E-state index is 13.3. The van der Waals surface area contributed by atoms with Crippen LogP contribution in [0.3, 0.4) is 0 Å². The highest BCUT2D eigenvalue weighted by atomic mass is 32.2. The first-order valence-corrected chi connectivity index (χ1v) is 11.3. The van der Waals surface area contributed by atoms with Crippen LogP contribution >= 0.6 is 11.8 Å². The van der Waals surface area contributed by atoms with Gasteiger partial charge in [0.05, 0.1) is 5.92 Å². The first-order valence-electron chi connectivity index (χ1n) is 10.3. The third-order valence-corrected chi connectivity index (χ3v) is 8.15. The summed E-state index contributed by atoms with van der Waals surface area (Å²) >= 11 is 1.71. The lowest BCUT2D eigenvalue weighted by Gasteiger charge is -2.59. The van der Waals surface area contributed by atoms with Crippen LogP contribution in [0.25, 0.3) is 0 Å². The maximum Gasteiger partial charge on any atom is 0.244 e. The number of carbonyl (C=O) groups is 2. The zero-order valence-corrected chi connectivity index (χ0v) is 17.1. The van der Waals surface area contributed by atoms with E-state index in [1.807, 2.05) is 36.4 Å². The Morgan fingerprint density at radius 2 is 1.54 bits per heavy atom. The highest BCUT2D eigenvalue weighted by Gasteiger charge is 2.76. The molecule has 4 rings (SSSR count). The predicted octanol–water partition coefficient (Wildman–Crippen LogP) is 4.70. The molecule has 4 heteroatoms. The van der Waals surface area contributed by atoms with Crippen molar-refractivity contribution >= 4 is 23.6 Å². The molecule has 2 atom stereocenters. The van der Waals surface area contributed by atoms with Crippen molar-refractivity contribution in [1.29, 1.82) is 0 Å². The molecule has 0 aromatic heterocycles. The van der Waals surface area contributed by atoms with Gasteiger partial charge in [-0.1, -0.05) is 86.8 Å². The number of benzene rings is 2. The number of nitrogens with one attached hydrogen (secondary N) is 1. The van der Waals surface area contributed by atoms with Gasteiger partial charge in [0.1, 0.15) is 4.75 Å². The largest absolute Gasteiger partial charge is 0.295 e. The van der Waals surface area contributed by atoms with Gasteiger partial charge in [0.15, 0.2) is 0 Å². The maximum absolute atomic E-state index is 13.3. The summed E-state index contributed by atoms with van der Waals surface area (Å²) in [6.07, 6.45) is 5.33. The van der Waals surface area contributed by atoms with Crippen molar-refractivity contribution in [2.24, 2.45) is 5.92 Å². The lowest BCUT2D eigenvalue weighted by Crippen LogP contribution is -2.67. The Morgan fingerprint density at radius 1 is 0.929 bits per heavy atom. The molecule has 0 bridgehead atoms. The molecule has 1 saturated carbocycles. The van der Waals surface area contributed by atoms with E-state index in [1.54, 1.807) is 11.8 Å². The van der Waals surface area contributed by atoms with E-state index in [0.717, 1.165) is 23.3 Å². The van der Waals surface area contributed by atoms with E-state index in [1.165, 1.54) is 19.3 Å². The fraction of sp³-hybridized carbons (Fsp3) is 0.417. The highest BCUT2D eigenvalue weighted by molar-refractivity contribution is 8.01. The van der Waals surface area contributed by atoms with Gasteiger partial charge in [-0.3, -0.25) is 14.9 Å². The van der Waals surface area contributed by atoms with Crippen LogP contribution in [0.4, 0.5) is 0 Å². The molecule has 2 unspecified atom stereocenters. The molecule has 0 spiro atoms. The minimum atomic E-state index is -0.751. The van der Waals surface area contributed by atoms with E-state index >= 15 is 0 Å². The molecular formula is C24H27NO2S. The van der Waals surface area contributed by atoms with Gasteiger partial charge in [-0.05, 0) is 29.7 Å². The normalized spacial score (nSPS) is 25.1. The van der Waals surface area contributed by atoms with Gasteiger partial charge in [0.25, 0.3) is 0 Å². The fourth-order valence-corrected chi connectivity index (χ4v) is 6.83. The summed E-state index contributed by atoms with van der Waals surface area (Å²) < 4.78 is -0.751. The molecule has 0 radical (unpaired) electrons. The number of hydrogen-bond acceptors (Lipinski definition) is 3. The lowest BCUT2D eigenvalue weighted by atomic mass is 9.48. The number of thioether (sulfide) groups is 1. The SMILES string of the molecule is CCCCCCSC12C(=O)NC(=O)C1CC2(c1ccccc1)c1ccccc1. The lowest BCUT2D eigenvalue weighted by molar-refractivity contribution is -0.125. The summed E-state index contributed by atoms with van der Waals surface area (Å²) in [7, 11) is 0. The summed E-state index contributed by atoms with van der Waals surface area (Å²) in [5, 5.41) is 2.67. The average Bonchev–Trinajstić information content (AvgIpc) is 2.90. The van der Waals surface area contributed by atoms with Crippen LogP contribution in [0, 0.1) is 5.92 Å². The summed E-state index contributed by atoms with van der Waals surface area (Å²) in [5.74, 6) is 0.436. The molecule has 1 aliphatic carbocycles. The smallest absolute Gasteiger partial charge is 0.244 e. The molecule has 28 heavy (non-hydrogen) atoms. The molecule has 1 heterocycles. The molecule has 1 N–H and O–H groups in total. The third-order valence-electron chi connectivity index (χ3n) is 6.39. The molecule has 2 aliphatic rings. The topological polar surface area (TPSA) is 46.2 Å². The van der Waals surface area contributed by atoms with Crippen LogP contribution in [0.1, 0.15) is 50.2 Å². The van der Waals surface area contributed by atoms with E-state index in [4.69, 9.17) is 0 Å². The Labute approximate surface area is 171 Å². The van der Waals surface area contributed by atoms with E-state index < -0.39 is 10.2 Å². The van der Waals surface area contributed by atoms with Crippen LogP contribution in [-0.4, -0.2) is 22.3 Å². The van der Waals surface area contributed by atoms with Crippen molar-refractivity contribution in [3.8, 4) is 0 Å². The second-order valence-electron chi connectivity index (χ2n) is 7.86. The minimum absolute atomic E-state index is 0.103. The van der Waals surface area contributed by atoms with Gasteiger partial charge >= 0.3 is 0 Å². The van der Waals surface area contributed by atoms with Crippen molar-refractivity contribution in [3.63, 3.8) is 0 Å². The van der Waals surface area contributed by atoms with Crippen molar-refractivity contribution in [3.05, 3.63) is 71.8 Å². The van der Waals surface area contributed by atoms with Gasteiger partial charge in [0.2, 0.25) is 11.8 Å². The Balaban J connectivity index is 1.79. The third kappa shape index (κ3) is 2.73. The fourth-order valence-electron chi connectivity index (χ4n) is 5.02. The molecule has 2 aromatic carbocycles. The van der Waals surface area contributed by atoms with E-state index in [2.05, 4.69) is 36.5 Å². The van der Waals surface area contributed by atoms with E-state index in [0.29, 0.717) is 6.42 Å². The standard InChI is InChI=1S/C24H27NO2S/c1-2-3-4-11-16-28-24-20(21(26)25-22(24)27)17-23(24,18-12-7-5-8-13-18)19-14-9-6-10-15-19/h5-10,12-15,20H,2-4,11,16-17H2,1H3,(H,25,26,27). The van der Waals surface area contributed by atoms with Crippen molar-refractivity contribution in [2.45, 2.75) is 49.2 Å². The van der Waals surface area contributed by atoms with Gasteiger partial charge in [-0.15, -0.1) is 11.8 Å². The van der Waals surface area contributed by atoms with Crippen LogP contribution < -0.4 is 5.32 Å². The predicted molar refractivity (Wildman–Crippen MR) is 114 cm³/mol. The van der Waals surface area contributed by atoms with Gasteiger partial charge < -0.3 is 0 Å². The van der Waals surface area contributed by atoms with E-state index in [9.17, 15) is 9.59 Å². The Hall–Kier alpha value is -2.07. The van der Waals surface area contributed by atoms with Crippen LogP contribution in [0.15, 0.2) is 60.7 Å². The first-order chi connectivity index (χ1) is 13.7. The highest BCUT2D eigenvalue weighted by Crippen LogP contribution is 2.67. The zero-order valence-electron chi connectivity index (χ0n) is 16.3. The van der Waals surface area contributed by atoms with Crippen LogP contribution in [0.5, 0.6) is 0 Å². The Bertz CT molecular complexity index is 812. The van der Waals surface area contributed by atoms with E-state index in [-0.39, 0.29) is 17.7 Å². The molecule has 3 nitrogen and oxygen atoms in total. The Morgan fingerprint density at radius 3 is 2.07 bits per heavy atom. The van der Waals surface area contributed by atoms with Gasteiger partial charge in [-0.25, -0.2) is 0 Å². The van der Waals surface area contributed by atoms with Crippen molar-refractivity contribution in [2.75, 3.05) is 5.75 Å². The second kappa shape index (κ2) is 7.75. The summed E-state index contributed by atoms with van der Waals surface area (Å²) in [5.41, 5.74) is 1.79. The average molecular weight is 394 g/mol. The number of fused-ring (bicyclic) bond motifs is 1. The van der Waals surface area contributed by atoms with Gasteiger partial charge in [0, 0.05) is 5.41 Å². The Kier molecular flexibility index (Phi) is 5.33. The summed E-state index contributed by atoms with van der Waals surface area (Å²) in [6.45, 7) is 2.20. The summed E-state index contributed by atoms with van der Waals surface area (Å²) in [4.78, 5) is 25.9. The first kappa shape index (κ1) is 19.3. The van der Waals surface area contributed by atoms with Crippen LogP contribution in [-0.2, 0) is 15.0 Å². The molecule has 2 aromatic rings. The number of imide groups is 1. The molecule has 2 fully saturated rings. The molecule has 146 valence electrons. The number of hydrogen-bond donors (Lipinski definition) is 1. The number of carbonyl (C=O) groups excluding carboxylic acids is 2. The van der Waals surface area contributed by atoms with Crippen LogP contribution in [0.2, 0.25) is 0 Å². The monoisotopic (exact) mass is 393 g/mol. The van der Waals surface area contributed by atoms with Crippen molar-refractivity contribution < 1.29 is 9.59 Å². The minimum Gasteiger partial charge on any atom is -0.295 e.